The van der Waals surface area contributed by atoms with Gasteiger partial charge in [0.1, 0.15) is 53.2 Å². The molecule has 0 aliphatic carbocycles. The highest BCUT2D eigenvalue weighted by molar-refractivity contribution is 7.32. The lowest BCUT2D eigenvalue weighted by atomic mass is 10.0. The maximum absolute atomic E-state index is 15.2. The number of thiophene rings is 6. The Bertz CT molecular complexity index is 3530. The average molecular weight is 1150 g/mol. The molecule has 0 fully saturated rings. The van der Waals surface area contributed by atoms with E-state index in [0.29, 0.717) is 16.7 Å². The summed E-state index contributed by atoms with van der Waals surface area (Å²) in [5, 5.41) is 3.18. The van der Waals surface area contributed by atoms with Crippen LogP contribution < -0.4 is 10.4 Å². The summed E-state index contributed by atoms with van der Waals surface area (Å²) in [5.41, 5.74) is 7.17. The fraction of sp³-hybridized carbons (Fsp3) is 0.404. The van der Waals surface area contributed by atoms with Crippen molar-refractivity contribution in [1.29, 1.82) is 0 Å². The van der Waals surface area contributed by atoms with E-state index >= 15 is 4.39 Å². The molecular formula is C57H60F2N6S8Si. The molecule has 2 unspecified atom stereocenters. The van der Waals surface area contributed by atoms with Crippen molar-refractivity contribution < 1.29 is 8.78 Å². The molecule has 10 aromatic heterocycles. The highest BCUT2D eigenvalue weighted by Crippen LogP contribution is 2.51. The van der Waals surface area contributed by atoms with Gasteiger partial charge in [-0.1, -0.05) is 105 Å². The van der Waals surface area contributed by atoms with Crippen molar-refractivity contribution in [2.24, 2.45) is 11.8 Å². The van der Waals surface area contributed by atoms with Gasteiger partial charge in [0.15, 0.2) is 0 Å². The second kappa shape index (κ2) is 22.7. The summed E-state index contributed by atoms with van der Waals surface area (Å²) in [5.74, 6) is 1.04. The second-order valence-electron chi connectivity index (χ2n) is 20.0. The van der Waals surface area contributed by atoms with Crippen LogP contribution in [0, 0.1) is 30.4 Å². The number of unbranched alkanes of at least 4 members (excludes halogenated alkanes) is 5. The predicted molar refractivity (Wildman–Crippen MR) is 323 cm³/mol. The molecule has 17 heteroatoms. The fourth-order valence-electron chi connectivity index (χ4n) is 11.1. The van der Waals surface area contributed by atoms with Crippen LogP contribution >= 0.6 is 91.5 Å². The first-order chi connectivity index (χ1) is 36.1. The van der Waals surface area contributed by atoms with Gasteiger partial charge in [0.2, 0.25) is 0 Å². The Morgan fingerprint density at radius 2 is 0.973 bits per heavy atom. The van der Waals surface area contributed by atoms with Gasteiger partial charge >= 0.3 is 0 Å². The zero-order chi connectivity index (χ0) is 51.1. The normalized spacial score (nSPS) is 15.2. The summed E-state index contributed by atoms with van der Waals surface area (Å²) in [7, 11) is -2.42. The minimum atomic E-state index is -2.42. The smallest absolute Gasteiger partial charge is 0.137 e. The minimum absolute atomic E-state index is 0.0825. The SMILES string of the molecule is CCCCCCc1sc(-c2ccc(-c3cnc(-c4cc5c(s4)-c4sc(-c6ncc(-c7ccc(-c8cc(F)c(C)s8)s7)c7nsnc67)cc4[Si]5(CC(CC)CCCC)CC(CC)CCCC)c4nsnc34)s2)cc1F. The number of fused-ring (bicyclic) bond motifs is 5. The molecule has 0 bridgehead atoms. The summed E-state index contributed by atoms with van der Waals surface area (Å²) in [4.78, 5) is 23.4. The number of halogens is 2. The molecule has 0 amide bonds. The Balaban J connectivity index is 0.997. The lowest BCUT2D eigenvalue weighted by molar-refractivity contribution is 0.469. The van der Waals surface area contributed by atoms with E-state index in [0.717, 1.165) is 108 Å². The zero-order valence-electron chi connectivity index (χ0n) is 42.7. The number of hydrogen-bond acceptors (Lipinski definition) is 14. The van der Waals surface area contributed by atoms with Gasteiger partial charge in [-0.05, 0) is 103 Å². The molecule has 1 aliphatic heterocycles. The van der Waals surface area contributed by atoms with E-state index in [9.17, 15) is 4.39 Å². The number of nitrogens with zero attached hydrogens (tertiary/aromatic N) is 6. The molecule has 0 N–H and O–H groups in total. The average Bonchev–Trinajstić information content (AvgIpc) is 4.31. The Morgan fingerprint density at radius 1 is 0.486 bits per heavy atom. The van der Waals surface area contributed by atoms with Crippen LogP contribution in [0.25, 0.3) is 93.4 Å². The molecule has 0 radical (unpaired) electrons. The topological polar surface area (TPSA) is 77.3 Å². The molecule has 0 saturated heterocycles. The molecule has 11 heterocycles. The molecule has 10 aromatic rings. The van der Waals surface area contributed by atoms with Crippen LogP contribution in [0.1, 0.15) is 121 Å². The van der Waals surface area contributed by atoms with Gasteiger partial charge in [0.25, 0.3) is 0 Å². The quantitative estimate of drug-likeness (QED) is 0.0469. The standard InChI is InChI=1S/C57H60F2N6S8Si/c1-7-12-15-16-19-41-38(59)25-45(69-41)43-23-21-40(68-43)36-29-61-53(55-51(36)63-73-65-55)47-27-49-57(71-47)56-48(74(49,30-33(10-4)17-13-8-2)31-34(11-5)18-14-9-3)26-46(70-56)52-54-50(62-72-64-54)35(28-60-52)39-20-22-42(67-39)44-24-37(58)32(6)66-44/h20-29,33-34H,7-19,30-31H2,1-6H3. The summed E-state index contributed by atoms with van der Waals surface area (Å²) in [6.07, 6.45) is 19.1. The van der Waals surface area contributed by atoms with E-state index in [4.69, 9.17) is 27.5 Å². The Kier molecular flexibility index (Phi) is 16.0. The van der Waals surface area contributed by atoms with Crippen molar-refractivity contribution >= 4 is 132 Å². The largest absolute Gasteiger partial charge is 0.252 e. The van der Waals surface area contributed by atoms with E-state index in [1.807, 2.05) is 42.0 Å². The van der Waals surface area contributed by atoms with Gasteiger partial charge in [-0.15, -0.1) is 68.0 Å². The maximum atomic E-state index is 15.2. The number of hydrogen-bond donors (Lipinski definition) is 0. The number of aromatic nitrogens is 6. The first kappa shape index (κ1) is 52.3. The van der Waals surface area contributed by atoms with Gasteiger partial charge < -0.3 is 0 Å². The summed E-state index contributed by atoms with van der Waals surface area (Å²) < 4.78 is 49.4. The van der Waals surface area contributed by atoms with Crippen LogP contribution in [-0.4, -0.2) is 35.5 Å². The third-order valence-corrected chi connectivity index (χ3v) is 29.3. The molecule has 384 valence electrons. The molecule has 0 aromatic carbocycles. The molecule has 0 spiro atoms. The van der Waals surface area contributed by atoms with Gasteiger partial charge in [-0.3, -0.25) is 9.97 Å². The number of aryl methyl sites for hydroxylation is 2. The van der Waals surface area contributed by atoms with E-state index in [1.165, 1.54) is 121 Å². The first-order valence-electron chi connectivity index (χ1n) is 26.4. The monoisotopic (exact) mass is 1150 g/mol. The maximum Gasteiger partial charge on any atom is 0.137 e. The third-order valence-electron chi connectivity index (χ3n) is 15.2. The lowest BCUT2D eigenvalue weighted by Gasteiger charge is -2.35. The van der Waals surface area contributed by atoms with Crippen LogP contribution in [0.5, 0.6) is 0 Å². The number of pyridine rings is 2. The van der Waals surface area contributed by atoms with Crippen molar-refractivity contribution in [2.45, 2.75) is 137 Å². The van der Waals surface area contributed by atoms with Crippen molar-refractivity contribution in [3.05, 3.63) is 82.3 Å². The summed E-state index contributed by atoms with van der Waals surface area (Å²) >= 11 is 12.7. The van der Waals surface area contributed by atoms with Crippen molar-refractivity contribution in [1.82, 2.24) is 27.5 Å². The highest BCUT2D eigenvalue weighted by Gasteiger charge is 2.50. The van der Waals surface area contributed by atoms with E-state index in [2.05, 4.69) is 71.0 Å². The van der Waals surface area contributed by atoms with Crippen molar-refractivity contribution in [3.63, 3.8) is 0 Å². The predicted octanol–water partition coefficient (Wildman–Crippen LogP) is 19.5. The molecule has 6 nitrogen and oxygen atoms in total. The zero-order valence-corrected chi connectivity index (χ0v) is 50.3. The number of rotatable bonds is 23. The first-order valence-corrected chi connectivity index (χ1v) is 35.2. The van der Waals surface area contributed by atoms with Crippen LogP contribution in [0.3, 0.4) is 0 Å². The molecule has 11 rings (SSSR count). The van der Waals surface area contributed by atoms with Crippen LogP contribution in [-0.2, 0) is 6.42 Å². The van der Waals surface area contributed by atoms with E-state index in [-0.39, 0.29) is 11.6 Å². The second-order valence-corrected chi connectivity index (χ2v) is 31.8. The van der Waals surface area contributed by atoms with Crippen LogP contribution in [0.15, 0.2) is 60.9 Å². The molecule has 0 saturated carbocycles. The molecular weight excluding hydrogens is 1090 g/mol. The van der Waals surface area contributed by atoms with Crippen molar-refractivity contribution in [3.8, 4) is 71.3 Å². The van der Waals surface area contributed by atoms with E-state index in [1.54, 1.807) is 56.5 Å². The van der Waals surface area contributed by atoms with Gasteiger partial charge in [0.05, 0.1) is 33.2 Å². The van der Waals surface area contributed by atoms with Gasteiger partial charge in [0, 0.05) is 72.3 Å². The Hall–Kier alpha value is -3.78. The minimum Gasteiger partial charge on any atom is -0.252 e. The van der Waals surface area contributed by atoms with Gasteiger partial charge in [-0.2, -0.15) is 17.5 Å². The highest BCUT2D eigenvalue weighted by atomic mass is 32.1. The van der Waals surface area contributed by atoms with Crippen molar-refractivity contribution in [2.75, 3.05) is 0 Å². The fourth-order valence-corrected chi connectivity index (χ4v) is 26.8. The summed E-state index contributed by atoms with van der Waals surface area (Å²) in [6, 6.07) is 19.4. The lowest BCUT2D eigenvalue weighted by Crippen LogP contribution is -2.56. The summed E-state index contributed by atoms with van der Waals surface area (Å²) in [6.45, 7) is 13.5. The van der Waals surface area contributed by atoms with Gasteiger partial charge in [-0.25, -0.2) is 8.78 Å². The van der Waals surface area contributed by atoms with Crippen LogP contribution in [0.4, 0.5) is 8.78 Å². The third kappa shape index (κ3) is 9.93. The molecule has 74 heavy (non-hydrogen) atoms. The Labute approximate surface area is 466 Å². The molecule has 2 atom stereocenters. The van der Waals surface area contributed by atoms with Crippen LogP contribution in [0.2, 0.25) is 12.1 Å². The van der Waals surface area contributed by atoms with E-state index < -0.39 is 8.07 Å². The molecule has 1 aliphatic rings. The Morgan fingerprint density at radius 3 is 1.46 bits per heavy atom.